The van der Waals surface area contributed by atoms with Crippen molar-refractivity contribution in [3.8, 4) is 5.75 Å². The molecule has 6 rings (SSSR count). The van der Waals surface area contributed by atoms with Gasteiger partial charge < -0.3 is 35.1 Å². The molecule has 3 atom stereocenters. The summed E-state index contributed by atoms with van der Waals surface area (Å²) >= 11 is 0. The van der Waals surface area contributed by atoms with Crippen molar-refractivity contribution in [1.82, 2.24) is 10.6 Å². The molecule has 0 radical (unpaired) electrons. The Labute approximate surface area is 273 Å². The predicted octanol–water partition coefficient (Wildman–Crippen LogP) is 3.40. The molecular weight excluding hydrogens is 600 g/mol. The van der Waals surface area contributed by atoms with Crippen LogP contribution in [0.4, 0.5) is 0 Å². The maximum atomic E-state index is 13.4. The molecule has 0 aromatic heterocycles. The van der Waals surface area contributed by atoms with E-state index in [0.717, 1.165) is 22.3 Å². The van der Waals surface area contributed by atoms with Gasteiger partial charge in [-0.05, 0) is 52.9 Å². The lowest BCUT2D eigenvalue weighted by Gasteiger charge is -2.30. The zero-order chi connectivity index (χ0) is 32.8. The number of carbonyl (C=O) groups is 3. The number of para-hydroxylation sites is 1. The summed E-state index contributed by atoms with van der Waals surface area (Å²) < 4.78 is 19.1. The largest absolute Gasteiger partial charge is 0.508 e. The minimum Gasteiger partial charge on any atom is -0.508 e. The van der Waals surface area contributed by atoms with Crippen molar-refractivity contribution in [2.45, 2.75) is 56.2 Å². The van der Waals surface area contributed by atoms with Crippen LogP contribution < -0.4 is 10.6 Å². The van der Waals surface area contributed by atoms with Crippen molar-refractivity contribution in [2.75, 3.05) is 19.7 Å². The SMILES string of the molecule is O=C(CCNC(=O)C1=CC2OC3(Cc4ccccc4C3)OC2C(OC(=O)c2ccc(C=CCc3ccccc3O)cc2)C1)NCCO. The highest BCUT2D eigenvalue weighted by molar-refractivity contribution is 5.94. The lowest BCUT2D eigenvalue weighted by atomic mass is 9.91. The van der Waals surface area contributed by atoms with E-state index in [9.17, 15) is 19.5 Å². The second-order valence-corrected chi connectivity index (χ2v) is 12.0. The van der Waals surface area contributed by atoms with Crippen molar-refractivity contribution >= 4 is 23.9 Å². The number of amides is 2. The maximum absolute atomic E-state index is 13.4. The first-order valence-corrected chi connectivity index (χ1v) is 15.9. The number of benzene rings is 3. The smallest absolute Gasteiger partial charge is 0.338 e. The quantitative estimate of drug-likeness (QED) is 0.234. The second-order valence-electron chi connectivity index (χ2n) is 12.0. The lowest BCUT2D eigenvalue weighted by molar-refractivity contribution is -0.172. The van der Waals surface area contributed by atoms with Crippen LogP contribution in [0.1, 0.15) is 45.5 Å². The summed E-state index contributed by atoms with van der Waals surface area (Å²) in [6, 6.07) is 22.2. The fourth-order valence-electron chi connectivity index (χ4n) is 6.29. The number of nitrogens with one attached hydrogen (secondary N) is 2. The number of phenols is 1. The van der Waals surface area contributed by atoms with E-state index >= 15 is 0 Å². The molecule has 47 heavy (non-hydrogen) atoms. The fraction of sp³-hybridized carbons (Fsp3) is 0.324. The monoisotopic (exact) mass is 638 g/mol. The van der Waals surface area contributed by atoms with Gasteiger partial charge in [0.05, 0.1) is 12.2 Å². The van der Waals surface area contributed by atoms with Gasteiger partial charge in [-0.3, -0.25) is 9.59 Å². The first-order valence-electron chi connectivity index (χ1n) is 15.9. The van der Waals surface area contributed by atoms with E-state index in [1.807, 2.05) is 60.7 Å². The van der Waals surface area contributed by atoms with Crippen molar-refractivity contribution in [2.24, 2.45) is 0 Å². The van der Waals surface area contributed by atoms with Crippen LogP contribution in [-0.4, -0.2) is 71.8 Å². The molecule has 1 saturated heterocycles. The molecule has 2 aliphatic carbocycles. The van der Waals surface area contributed by atoms with Crippen molar-refractivity contribution < 1.29 is 38.8 Å². The maximum Gasteiger partial charge on any atom is 0.338 e. The summed E-state index contributed by atoms with van der Waals surface area (Å²) in [5.41, 5.74) is 4.72. The van der Waals surface area contributed by atoms with E-state index in [2.05, 4.69) is 10.6 Å². The van der Waals surface area contributed by atoms with Gasteiger partial charge in [0.1, 0.15) is 24.1 Å². The van der Waals surface area contributed by atoms with E-state index in [0.29, 0.717) is 30.4 Å². The van der Waals surface area contributed by atoms with Gasteiger partial charge in [0.15, 0.2) is 5.79 Å². The Morgan fingerprint density at radius 2 is 1.64 bits per heavy atom. The molecule has 1 spiro atoms. The summed E-state index contributed by atoms with van der Waals surface area (Å²) in [7, 11) is 0. The fourth-order valence-corrected chi connectivity index (χ4v) is 6.29. The molecule has 3 aliphatic rings. The van der Waals surface area contributed by atoms with Crippen molar-refractivity contribution in [1.29, 1.82) is 0 Å². The van der Waals surface area contributed by atoms with Crippen molar-refractivity contribution in [3.05, 3.63) is 118 Å². The summed E-state index contributed by atoms with van der Waals surface area (Å²) in [6.45, 7) is 0.0936. The molecule has 0 saturated carbocycles. The third kappa shape index (κ3) is 7.62. The van der Waals surface area contributed by atoms with Gasteiger partial charge in [0.25, 0.3) is 0 Å². The summed E-state index contributed by atoms with van der Waals surface area (Å²) in [5, 5.41) is 24.2. The van der Waals surface area contributed by atoms with Gasteiger partial charge in [-0.2, -0.15) is 0 Å². The van der Waals surface area contributed by atoms with E-state index in [-0.39, 0.29) is 50.1 Å². The Morgan fingerprint density at radius 3 is 2.36 bits per heavy atom. The number of allylic oxidation sites excluding steroid dienone is 1. The molecule has 1 heterocycles. The van der Waals surface area contributed by atoms with E-state index in [4.69, 9.17) is 19.3 Å². The molecular formula is C37H38N2O8. The number of aliphatic hydroxyl groups excluding tert-OH is 1. The van der Waals surface area contributed by atoms with Crippen LogP contribution in [0.2, 0.25) is 0 Å². The molecule has 2 amide bonds. The van der Waals surface area contributed by atoms with Crippen LogP contribution in [-0.2, 0) is 43.1 Å². The first kappa shape index (κ1) is 32.2. The van der Waals surface area contributed by atoms with Crippen LogP contribution in [0, 0.1) is 0 Å². The highest BCUT2D eigenvalue weighted by atomic mass is 16.8. The zero-order valence-electron chi connectivity index (χ0n) is 25.9. The van der Waals surface area contributed by atoms with Gasteiger partial charge in [0.2, 0.25) is 11.8 Å². The molecule has 1 aliphatic heterocycles. The molecule has 1 fully saturated rings. The highest BCUT2D eigenvalue weighted by Crippen LogP contribution is 2.45. The van der Waals surface area contributed by atoms with Gasteiger partial charge in [-0.25, -0.2) is 4.79 Å². The number of phenolic OH excluding ortho intramolecular Hbond substituents is 1. The molecule has 4 N–H and O–H groups in total. The number of fused-ring (bicyclic) bond motifs is 2. The number of hydrogen-bond donors (Lipinski definition) is 4. The molecule has 3 aromatic carbocycles. The lowest BCUT2D eigenvalue weighted by Crippen LogP contribution is -2.44. The molecule has 10 heteroatoms. The third-order valence-corrected chi connectivity index (χ3v) is 8.62. The van der Waals surface area contributed by atoms with Crippen LogP contribution in [0.25, 0.3) is 6.08 Å². The molecule has 244 valence electrons. The Morgan fingerprint density at radius 1 is 0.915 bits per heavy atom. The normalized spacial score (nSPS) is 20.8. The first-order chi connectivity index (χ1) is 22.8. The Balaban J connectivity index is 1.13. The second kappa shape index (κ2) is 14.3. The Hall–Kier alpha value is -4.77. The standard InChI is InChI=1S/C37H38N2O8/c40-19-18-38-33(42)16-17-39-35(43)29-20-31(34-32(21-29)46-37(47-34)22-27-8-1-2-9-28(27)23-37)45-36(44)26-14-12-24(13-15-26)6-5-10-25-7-3-4-11-30(25)41/h1-9,11-15,21,31-32,34,40-41H,10,16-20,22-23H2,(H,38,42)(H,39,43). The van der Waals surface area contributed by atoms with Gasteiger partial charge in [0, 0.05) is 44.3 Å². The topological polar surface area (TPSA) is 143 Å². The molecule has 0 bridgehead atoms. The van der Waals surface area contributed by atoms with Crippen LogP contribution in [0.5, 0.6) is 5.75 Å². The summed E-state index contributed by atoms with van der Waals surface area (Å²) in [6.07, 6.45) is 5.45. The minimum atomic E-state index is -0.915. The number of aromatic hydroxyl groups is 1. The number of ether oxygens (including phenoxy) is 3. The molecule has 10 nitrogen and oxygen atoms in total. The van der Waals surface area contributed by atoms with Gasteiger partial charge in [-0.15, -0.1) is 0 Å². The number of carbonyl (C=O) groups excluding carboxylic acids is 3. The Bertz CT molecular complexity index is 1660. The van der Waals surface area contributed by atoms with Crippen molar-refractivity contribution in [3.63, 3.8) is 0 Å². The van der Waals surface area contributed by atoms with Crippen LogP contribution in [0.3, 0.4) is 0 Å². The Kier molecular flexibility index (Phi) is 9.81. The number of hydrogen-bond acceptors (Lipinski definition) is 8. The highest BCUT2D eigenvalue weighted by Gasteiger charge is 2.55. The van der Waals surface area contributed by atoms with Crippen LogP contribution >= 0.6 is 0 Å². The number of esters is 1. The van der Waals surface area contributed by atoms with Gasteiger partial charge >= 0.3 is 5.97 Å². The van der Waals surface area contributed by atoms with E-state index in [1.54, 1.807) is 30.3 Å². The summed E-state index contributed by atoms with van der Waals surface area (Å²) in [5.74, 6) is -1.87. The predicted molar refractivity (Wildman–Crippen MR) is 173 cm³/mol. The zero-order valence-corrected chi connectivity index (χ0v) is 25.9. The molecule has 3 unspecified atom stereocenters. The average molecular weight is 639 g/mol. The average Bonchev–Trinajstić information content (AvgIpc) is 3.63. The van der Waals surface area contributed by atoms with Crippen LogP contribution in [0.15, 0.2) is 90.5 Å². The number of aliphatic hydroxyl groups is 1. The summed E-state index contributed by atoms with van der Waals surface area (Å²) in [4.78, 5) is 38.5. The van der Waals surface area contributed by atoms with E-state index < -0.39 is 30.1 Å². The minimum absolute atomic E-state index is 0.0599. The third-order valence-electron chi connectivity index (χ3n) is 8.62. The number of rotatable bonds is 11. The van der Waals surface area contributed by atoms with E-state index in [1.165, 1.54) is 0 Å². The van der Waals surface area contributed by atoms with Gasteiger partial charge in [-0.1, -0.05) is 66.7 Å². The molecule has 3 aromatic rings.